The summed E-state index contributed by atoms with van der Waals surface area (Å²) in [7, 11) is 2.94. The number of rotatable bonds is 6. The minimum atomic E-state index is -0.712. The number of carbonyl (C=O) groups is 2. The van der Waals surface area contributed by atoms with Crippen molar-refractivity contribution in [3.63, 3.8) is 0 Å². The number of imidazole rings is 1. The second kappa shape index (κ2) is 8.98. The summed E-state index contributed by atoms with van der Waals surface area (Å²) in [5, 5.41) is 2.88. The van der Waals surface area contributed by atoms with Gasteiger partial charge in [0.25, 0.3) is 0 Å². The van der Waals surface area contributed by atoms with Crippen molar-refractivity contribution in [2.24, 2.45) is 5.92 Å². The molecule has 1 aliphatic heterocycles. The van der Waals surface area contributed by atoms with Crippen LogP contribution in [0, 0.1) is 5.92 Å². The average Bonchev–Trinajstić information content (AvgIpc) is 3.24. The SMILES string of the molecule is CC[C@@H](C)[C@@H](NC(=O)N1CCc2[nH]cnc2[C@@H]1c1ccccc1OC)C(=O)OC. The zero-order valence-electron chi connectivity index (χ0n) is 17.3. The molecule has 3 rings (SSSR count). The number of nitrogens with one attached hydrogen (secondary N) is 2. The van der Waals surface area contributed by atoms with E-state index in [9.17, 15) is 9.59 Å². The number of hydrogen-bond donors (Lipinski definition) is 2. The molecule has 0 aliphatic carbocycles. The fraction of sp³-hybridized carbons (Fsp3) is 0.476. The summed E-state index contributed by atoms with van der Waals surface area (Å²) < 4.78 is 10.4. The van der Waals surface area contributed by atoms with E-state index in [1.54, 1.807) is 18.3 Å². The molecule has 2 aromatic rings. The molecule has 2 amide bonds. The summed E-state index contributed by atoms with van der Waals surface area (Å²) in [6, 6.07) is 6.13. The lowest BCUT2D eigenvalue weighted by Gasteiger charge is -2.37. The van der Waals surface area contributed by atoms with Crippen molar-refractivity contribution in [1.82, 2.24) is 20.2 Å². The largest absolute Gasteiger partial charge is 0.496 e. The average molecular weight is 400 g/mol. The Labute approximate surface area is 170 Å². The smallest absolute Gasteiger partial charge is 0.328 e. The second-order valence-corrected chi connectivity index (χ2v) is 7.19. The van der Waals surface area contributed by atoms with Crippen LogP contribution in [0.25, 0.3) is 0 Å². The Morgan fingerprint density at radius 3 is 2.79 bits per heavy atom. The Kier molecular flexibility index (Phi) is 6.41. The molecule has 3 atom stereocenters. The Morgan fingerprint density at radius 2 is 2.10 bits per heavy atom. The number of esters is 1. The van der Waals surface area contributed by atoms with E-state index in [0.29, 0.717) is 18.7 Å². The van der Waals surface area contributed by atoms with Crippen LogP contribution in [0.2, 0.25) is 0 Å². The predicted octanol–water partition coefficient (Wildman–Crippen LogP) is 2.66. The maximum absolute atomic E-state index is 13.3. The summed E-state index contributed by atoms with van der Waals surface area (Å²) >= 11 is 0. The van der Waals surface area contributed by atoms with Crippen LogP contribution in [0.3, 0.4) is 0 Å². The Morgan fingerprint density at radius 1 is 1.34 bits per heavy atom. The van der Waals surface area contributed by atoms with E-state index in [4.69, 9.17) is 9.47 Å². The zero-order chi connectivity index (χ0) is 21.0. The van der Waals surface area contributed by atoms with Gasteiger partial charge in [0.15, 0.2) is 0 Å². The minimum Gasteiger partial charge on any atom is -0.496 e. The Bertz CT molecular complexity index is 866. The molecule has 2 heterocycles. The van der Waals surface area contributed by atoms with Gasteiger partial charge in [0.05, 0.1) is 26.2 Å². The summed E-state index contributed by atoms with van der Waals surface area (Å²) in [6.45, 7) is 4.38. The number of methoxy groups -OCH3 is 2. The lowest BCUT2D eigenvalue weighted by Crippen LogP contribution is -2.53. The molecular formula is C21H28N4O4. The van der Waals surface area contributed by atoms with Crippen molar-refractivity contribution in [2.45, 2.75) is 38.8 Å². The monoisotopic (exact) mass is 400 g/mol. The summed E-state index contributed by atoms with van der Waals surface area (Å²) in [5.74, 6) is 0.179. The van der Waals surface area contributed by atoms with Crippen LogP contribution >= 0.6 is 0 Å². The molecule has 2 N–H and O–H groups in total. The third kappa shape index (κ3) is 4.06. The molecule has 0 spiro atoms. The molecule has 0 saturated heterocycles. The maximum atomic E-state index is 13.3. The van der Waals surface area contributed by atoms with Crippen molar-refractivity contribution >= 4 is 12.0 Å². The second-order valence-electron chi connectivity index (χ2n) is 7.19. The van der Waals surface area contributed by atoms with Crippen molar-refractivity contribution in [2.75, 3.05) is 20.8 Å². The van der Waals surface area contributed by atoms with Crippen LogP contribution in [0.15, 0.2) is 30.6 Å². The van der Waals surface area contributed by atoms with Gasteiger partial charge in [-0.3, -0.25) is 0 Å². The molecule has 1 aromatic carbocycles. The van der Waals surface area contributed by atoms with E-state index >= 15 is 0 Å². The van der Waals surface area contributed by atoms with Crippen LogP contribution in [0.4, 0.5) is 4.79 Å². The number of ether oxygens (including phenoxy) is 2. The number of aromatic amines is 1. The first-order valence-electron chi connectivity index (χ1n) is 9.81. The number of aromatic nitrogens is 2. The molecule has 8 heteroatoms. The quantitative estimate of drug-likeness (QED) is 0.727. The fourth-order valence-corrected chi connectivity index (χ4v) is 3.71. The normalized spacial score (nSPS) is 17.8. The standard InChI is InChI=1S/C21H28N4O4/c1-5-13(2)17(20(26)29-4)24-21(27)25-11-10-15-18(23-12-22-15)19(25)14-8-6-7-9-16(14)28-3/h6-9,12-13,17,19H,5,10-11H2,1-4H3,(H,22,23)(H,24,27)/t13-,17-,19+/m1/s1. The minimum absolute atomic E-state index is 0.0538. The topological polar surface area (TPSA) is 96.5 Å². The highest BCUT2D eigenvalue weighted by atomic mass is 16.5. The van der Waals surface area contributed by atoms with Gasteiger partial charge < -0.3 is 24.7 Å². The molecule has 0 fully saturated rings. The first-order valence-corrected chi connectivity index (χ1v) is 9.81. The Hall–Kier alpha value is -3.03. The van der Waals surface area contributed by atoms with Gasteiger partial charge in [0.2, 0.25) is 0 Å². The third-order valence-corrected chi connectivity index (χ3v) is 5.57. The van der Waals surface area contributed by atoms with Gasteiger partial charge in [-0.05, 0) is 12.0 Å². The maximum Gasteiger partial charge on any atom is 0.328 e. The number of nitrogens with zero attached hydrogens (tertiary/aromatic N) is 2. The first kappa shape index (κ1) is 20.7. The van der Waals surface area contributed by atoms with Crippen LogP contribution in [0.1, 0.15) is 43.3 Å². The van der Waals surface area contributed by atoms with Crippen molar-refractivity contribution in [3.05, 3.63) is 47.5 Å². The highest BCUT2D eigenvalue weighted by Crippen LogP contribution is 2.37. The summed E-state index contributed by atoms with van der Waals surface area (Å²) in [5.41, 5.74) is 2.63. The molecule has 8 nitrogen and oxygen atoms in total. The van der Waals surface area contributed by atoms with Gasteiger partial charge in [-0.15, -0.1) is 0 Å². The van der Waals surface area contributed by atoms with Crippen molar-refractivity contribution in [3.8, 4) is 5.75 Å². The molecular weight excluding hydrogens is 372 g/mol. The van der Waals surface area contributed by atoms with E-state index in [2.05, 4.69) is 15.3 Å². The number of amides is 2. The van der Waals surface area contributed by atoms with E-state index in [1.165, 1.54) is 7.11 Å². The lowest BCUT2D eigenvalue weighted by molar-refractivity contribution is -0.144. The van der Waals surface area contributed by atoms with Crippen LogP contribution < -0.4 is 10.1 Å². The number of fused-ring (bicyclic) bond motifs is 1. The molecule has 0 bridgehead atoms. The highest BCUT2D eigenvalue weighted by molar-refractivity contribution is 5.84. The molecule has 1 aliphatic rings. The fourth-order valence-electron chi connectivity index (χ4n) is 3.71. The zero-order valence-corrected chi connectivity index (χ0v) is 17.3. The number of carbonyl (C=O) groups excluding carboxylic acids is 2. The van der Waals surface area contributed by atoms with Gasteiger partial charge >= 0.3 is 12.0 Å². The van der Waals surface area contributed by atoms with E-state index in [0.717, 1.165) is 23.4 Å². The number of benzene rings is 1. The molecule has 0 unspecified atom stereocenters. The Balaban J connectivity index is 1.96. The van der Waals surface area contributed by atoms with Crippen LogP contribution in [-0.2, 0) is 16.0 Å². The molecule has 156 valence electrons. The van der Waals surface area contributed by atoms with Gasteiger partial charge in [-0.25, -0.2) is 14.6 Å². The number of para-hydroxylation sites is 1. The van der Waals surface area contributed by atoms with Gasteiger partial charge in [-0.1, -0.05) is 38.5 Å². The summed E-state index contributed by atoms with van der Waals surface area (Å²) in [4.78, 5) is 34.9. The number of urea groups is 1. The molecule has 0 radical (unpaired) electrons. The van der Waals surface area contributed by atoms with Gasteiger partial charge in [0.1, 0.15) is 17.8 Å². The molecule has 1 aromatic heterocycles. The highest BCUT2D eigenvalue weighted by Gasteiger charge is 2.37. The van der Waals surface area contributed by atoms with Gasteiger partial charge in [0, 0.05) is 24.2 Å². The van der Waals surface area contributed by atoms with Crippen LogP contribution in [0.5, 0.6) is 5.75 Å². The van der Waals surface area contributed by atoms with Gasteiger partial charge in [-0.2, -0.15) is 0 Å². The number of H-pyrrole nitrogens is 1. The number of hydrogen-bond acceptors (Lipinski definition) is 5. The first-order chi connectivity index (χ1) is 14.0. The van der Waals surface area contributed by atoms with E-state index in [1.807, 2.05) is 38.1 Å². The van der Waals surface area contributed by atoms with Crippen molar-refractivity contribution < 1.29 is 19.1 Å². The predicted molar refractivity (Wildman–Crippen MR) is 108 cm³/mol. The summed E-state index contributed by atoms with van der Waals surface area (Å²) in [6.07, 6.45) is 3.03. The molecule has 0 saturated carbocycles. The van der Waals surface area contributed by atoms with E-state index in [-0.39, 0.29) is 11.9 Å². The van der Waals surface area contributed by atoms with Crippen LogP contribution in [-0.4, -0.2) is 53.7 Å². The van der Waals surface area contributed by atoms with E-state index < -0.39 is 18.1 Å². The lowest BCUT2D eigenvalue weighted by atomic mass is 9.95. The molecule has 29 heavy (non-hydrogen) atoms. The van der Waals surface area contributed by atoms with Crippen molar-refractivity contribution in [1.29, 1.82) is 0 Å². The third-order valence-electron chi connectivity index (χ3n) is 5.57.